The van der Waals surface area contributed by atoms with Crippen molar-refractivity contribution in [2.45, 2.75) is 17.3 Å². The molecule has 0 amide bonds. The Hall–Kier alpha value is 0.430. The van der Waals surface area contributed by atoms with Gasteiger partial charge >= 0.3 is 0 Å². The predicted octanol–water partition coefficient (Wildman–Crippen LogP) is 3.95. The molecule has 0 radical (unpaired) electrons. The smallest absolute Gasteiger partial charge is 0.0247 e. The molecule has 0 unspecified atom stereocenters. The summed E-state index contributed by atoms with van der Waals surface area (Å²) in [4.78, 5) is 0. The van der Waals surface area contributed by atoms with Gasteiger partial charge < -0.3 is 0 Å². The molecule has 0 fully saturated rings. The third-order valence-corrected chi connectivity index (χ3v) is 3.22. The van der Waals surface area contributed by atoms with Crippen molar-refractivity contribution in [1.82, 2.24) is 0 Å². The molecule has 0 N–H and O–H groups in total. The summed E-state index contributed by atoms with van der Waals surface area (Å²) in [5.41, 5.74) is 2.86. The lowest BCUT2D eigenvalue weighted by Gasteiger charge is -2.00. The minimum atomic E-state index is 1.10. The van der Waals surface area contributed by atoms with E-state index in [4.69, 9.17) is 0 Å². The van der Waals surface area contributed by atoms with E-state index in [1.807, 2.05) is 0 Å². The first-order valence-electron chi connectivity index (χ1n) is 4.06. The Morgan fingerprint density at radius 3 is 2.17 bits per heavy atom. The number of alkyl halides is 2. The molecular formula is C10H12BrI. The van der Waals surface area contributed by atoms with Gasteiger partial charge in [0.2, 0.25) is 0 Å². The number of rotatable bonds is 4. The normalized spacial score (nSPS) is 10.2. The first kappa shape index (κ1) is 10.5. The van der Waals surface area contributed by atoms with Crippen molar-refractivity contribution in [3.8, 4) is 0 Å². The topological polar surface area (TPSA) is 0 Å². The van der Waals surface area contributed by atoms with Crippen LogP contribution in [0.5, 0.6) is 0 Å². The maximum absolute atomic E-state index is 3.43. The third kappa shape index (κ3) is 3.44. The molecule has 2 heteroatoms. The quantitative estimate of drug-likeness (QED) is 0.576. The highest BCUT2D eigenvalue weighted by atomic mass is 127. The van der Waals surface area contributed by atoms with Crippen LogP contribution in [0.3, 0.4) is 0 Å². The van der Waals surface area contributed by atoms with E-state index in [1.165, 1.54) is 24.0 Å². The lowest BCUT2D eigenvalue weighted by Crippen LogP contribution is -1.86. The van der Waals surface area contributed by atoms with Gasteiger partial charge in [-0.15, -0.1) is 0 Å². The highest BCUT2D eigenvalue weighted by Crippen LogP contribution is 2.10. The Morgan fingerprint density at radius 1 is 1.08 bits per heavy atom. The maximum atomic E-state index is 3.43. The highest BCUT2D eigenvalue weighted by molar-refractivity contribution is 14.1. The van der Waals surface area contributed by atoms with Crippen LogP contribution in [0.25, 0.3) is 0 Å². The standard InChI is InChI=1S/C10H12BrI/c11-7-1-2-9-3-5-10(8-12)6-4-9/h3-6H,1-2,7-8H2. The average molecular weight is 339 g/mol. The Balaban J connectivity index is 2.53. The summed E-state index contributed by atoms with van der Waals surface area (Å²) < 4.78 is 1.11. The van der Waals surface area contributed by atoms with Crippen LogP contribution in [0.15, 0.2) is 24.3 Å². The second-order valence-corrected chi connectivity index (χ2v) is 4.30. The van der Waals surface area contributed by atoms with Crippen molar-refractivity contribution in [2.24, 2.45) is 0 Å². The van der Waals surface area contributed by atoms with Gasteiger partial charge in [0.05, 0.1) is 0 Å². The number of benzene rings is 1. The van der Waals surface area contributed by atoms with E-state index in [-0.39, 0.29) is 0 Å². The van der Waals surface area contributed by atoms with E-state index in [0.717, 1.165) is 9.76 Å². The molecule has 0 saturated heterocycles. The molecule has 0 aliphatic rings. The summed E-state index contributed by atoms with van der Waals surface area (Å²) in [5.74, 6) is 0. The van der Waals surface area contributed by atoms with Crippen LogP contribution in [0.2, 0.25) is 0 Å². The zero-order valence-corrected chi connectivity index (χ0v) is 10.6. The number of aryl methyl sites for hydroxylation is 1. The molecule has 0 heterocycles. The fourth-order valence-corrected chi connectivity index (χ4v) is 1.85. The van der Waals surface area contributed by atoms with Gasteiger partial charge in [-0.3, -0.25) is 0 Å². The first-order chi connectivity index (χ1) is 5.86. The maximum Gasteiger partial charge on any atom is 0.0247 e. The Kier molecular flexibility index (Phi) is 5.23. The second-order valence-electron chi connectivity index (χ2n) is 2.74. The molecule has 12 heavy (non-hydrogen) atoms. The van der Waals surface area contributed by atoms with Crippen molar-refractivity contribution >= 4 is 38.5 Å². The average Bonchev–Trinajstić information content (AvgIpc) is 2.15. The Morgan fingerprint density at radius 2 is 1.67 bits per heavy atom. The summed E-state index contributed by atoms with van der Waals surface area (Å²) >= 11 is 5.82. The Labute approximate surface area is 96.0 Å². The highest BCUT2D eigenvalue weighted by Gasteiger charge is 1.92. The van der Waals surface area contributed by atoms with Crippen molar-refractivity contribution in [3.63, 3.8) is 0 Å². The molecular weight excluding hydrogens is 327 g/mol. The van der Waals surface area contributed by atoms with E-state index in [2.05, 4.69) is 62.8 Å². The lowest BCUT2D eigenvalue weighted by molar-refractivity contribution is 0.939. The molecule has 0 aromatic heterocycles. The minimum absolute atomic E-state index is 1.10. The molecule has 0 saturated carbocycles. The minimum Gasteiger partial charge on any atom is -0.0928 e. The van der Waals surface area contributed by atoms with Crippen LogP contribution >= 0.6 is 38.5 Å². The van der Waals surface area contributed by atoms with Gasteiger partial charge in [0.1, 0.15) is 0 Å². The van der Waals surface area contributed by atoms with E-state index in [0.29, 0.717) is 0 Å². The van der Waals surface area contributed by atoms with Crippen LogP contribution in [0.1, 0.15) is 17.5 Å². The zero-order chi connectivity index (χ0) is 8.81. The predicted molar refractivity (Wildman–Crippen MR) is 66.3 cm³/mol. The van der Waals surface area contributed by atoms with Crippen molar-refractivity contribution in [3.05, 3.63) is 35.4 Å². The van der Waals surface area contributed by atoms with Crippen molar-refractivity contribution < 1.29 is 0 Å². The molecule has 1 aromatic rings. The van der Waals surface area contributed by atoms with E-state index >= 15 is 0 Å². The summed E-state index contributed by atoms with van der Waals surface area (Å²) in [6, 6.07) is 8.90. The fourth-order valence-electron chi connectivity index (χ4n) is 1.07. The number of hydrogen-bond acceptors (Lipinski definition) is 0. The zero-order valence-electron chi connectivity index (χ0n) is 6.89. The number of halogens is 2. The van der Waals surface area contributed by atoms with Gasteiger partial charge in [-0.1, -0.05) is 62.8 Å². The number of hydrogen-bond donors (Lipinski definition) is 0. The molecule has 1 rings (SSSR count). The van der Waals surface area contributed by atoms with Gasteiger partial charge in [0, 0.05) is 9.76 Å². The lowest BCUT2D eigenvalue weighted by atomic mass is 10.1. The fraction of sp³-hybridized carbons (Fsp3) is 0.400. The van der Waals surface area contributed by atoms with Gasteiger partial charge in [-0.25, -0.2) is 0 Å². The van der Waals surface area contributed by atoms with Crippen molar-refractivity contribution in [2.75, 3.05) is 5.33 Å². The van der Waals surface area contributed by atoms with Crippen molar-refractivity contribution in [1.29, 1.82) is 0 Å². The van der Waals surface area contributed by atoms with E-state index in [1.54, 1.807) is 0 Å². The molecule has 0 aliphatic carbocycles. The molecule has 66 valence electrons. The van der Waals surface area contributed by atoms with Gasteiger partial charge in [0.25, 0.3) is 0 Å². The second kappa shape index (κ2) is 5.97. The first-order valence-corrected chi connectivity index (χ1v) is 6.71. The Bertz CT molecular complexity index is 218. The van der Waals surface area contributed by atoms with Crippen LogP contribution in [-0.4, -0.2) is 5.33 Å². The largest absolute Gasteiger partial charge is 0.0928 e. The summed E-state index contributed by atoms with van der Waals surface area (Å²) in [5, 5.41) is 1.10. The monoisotopic (exact) mass is 338 g/mol. The molecule has 0 nitrogen and oxygen atoms in total. The van der Waals surface area contributed by atoms with E-state index < -0.39 is 0 Å². The van der Waals surface area contributed by atoms with Crippen LogP contribution in [0.4, 0.5) is 0 Å². The van der Waals surface area contributed by atoms with E-state index in [9.17, 15) is 0 Å². The third-order valence-electron chi connectivity index (χ3n) is 1.78. The summed E-state index contributed by atoms with van der Waals surface area (Å²) in [7, 11) is 0. The van der Waals surface area contributed by atoms with Gasteiger partial charge in [-0.2, -0.15) is 0 Å². The van der Waals surface area contributed by atoms with Gasteiger partial charge in [-0.05, 0) is 24.0 Å². The van der Waals surface area contributed by atoms with Crippen LogP contribution < -0.4 is 0 Å². The van der Waals surface area contributed by atoms with Gasteiger partial charge in [0.15, 0.2) is 0 Å². The molecule has 0 bridgehead atoms. The summed E-state index contributed by atoms with van der Waals surface area (Å²) in [6.07, 6.45) is 2.41. The molecule has 1 aromatic carbocycles. The summed E-state index contributed by atoms with van der Waals surface area (Å²) in [6.45, 7) is 0. The van der Waals surface area contributed by atoms with Crippen LogP contribution in [-0.2, 0) is 10.8 Å². The molecule has 0 spiro atoms. The molecule has 0 aliphatic heterocycles. The SMILES string of the molecule is BrCCCc1ccc(CI)cc1. The van der Waals surface area contributed by atoms with Crippen LogP contribution in [0, 0.1) is 0 Å². The molecule has 0 atom stereocenters.